The van der Waals surface area contributed by atoms with Crippen molar-refractivity contribution in [3.05, 3.63) is 53.6 Å². The zero-order valence-electron chi connectivity index (χ0n) is 17.0. The van der Waals surface area contributed by atoms with Crippen LogP contribution in [-0.2, 0) is 4.79 Å². The molecule has 0 unspecified atom stereocenters. The molecule has 1 atom stereocenters. The van der Waals surface area contributed by atoms with Crippen molar-refractivity contribution >= 4 is 17.5 Å². The maximum absolute atomic E-state index is 13.3. The summed E-state index contributed by atoms with van der Waals surface area (Å²) in [4.78, 5) is 29.0. The van der Waals surface area contributed by atoms with Crippen LogP contribution < -0.4 is 14.4 Å². The second kappa shape index (κ2) is 8.01. The number of hydrogen-bond acceptors (Lipinski definition) is 4. The fourth-order valence-corrected chi connectivity index (χ4v) is 4.61. The molecule has 6 nitrogen and oxygen atoms in total. The first-order chi connectivity index (χ1) is 14.7. The summed E-state index contributed by atoms with van der Waals surface area (Å²) >= 11 is 0. The molecule has 0 aliphatic carbocycles. The van der Waals surface area contributed by atoms with Gasteiger partial charge in [0, 0.05) is 37.2 Å². The number of rotatable bonds is 3. The smallest absolute Gasteiger partial charge is 0.254 e. The van der Waals surface area contributed by atoms with Crippen LogP contribution in [0.3, 0.4) is 0 Å². The molecular weight excluding hydrogens is 380 g/mol. The first kappa shape index (κ1) is 19.0. The number of ether oxygens (including phenoxy) is 2. The van der Waals surface area contributed by atoms with E-state index in [0.29, 0.717) is 25.2 Å². The van der Waals surface area contributed by atoms with E-state index in [4.69, 9.17) is 9.47 Å². The molecular formula is C24H26N2O4. The molecule has 2 aromatic carbocycles. The standard InChI is InChI=1S/C24H26N2O4/c27-23-5-2-12-25(23)19-9-6-17(7-10-19)24(28)26-13-1-4-20(26)18-8-11-21-22(16-18)30-15-3-14-29-21/h6-11,16,20H,1-5,12-15H2/t20-/m1/s1. The van der Waals surface area contributed by atoms with E-state index in [1.165, 1.54) is 0 Å². The van der Waals surface area contributed by atoms with Crippen molar-refractivity contribution in [2.45, 2.75) is 38.1 Å². The van der Waals surface area contributed by atoms with Gasteiger partial charge in [0.25, 0.3) is 5.91 Å². The average Bonchev–Trinajstić information content (AvgIpc) is 3.37. The van der Waals surface area contributed by atoms with Crippen molar-refractivity contribution in [1.82, 2.24) is 4.90 Å². The molecule has 2 fully saturated rings. The summed E-state index contributed by atoms with van der Waals surface area (Å²) in [7, 11) is 0. The highest BCUT2D eigenvalue weighted by Crippen LogP contribution is 2.38. The Hall–Kier alpha value is -3.02. The van der Waals surface area contributed by atoms with Crippen molar-refractivity contribution in [1.29, 1.82) is 0 Å². The number of fused-ring (bicyclic) bond motifs is 1. The Kier molecular flexibility index (Phi) is 5.07. The predicted molar refractivity (Wildman–Crippen MR) is 113 cm³/mol. The molecule has 2 amide bonds. The minimum Gasteiger partial charge on any atom is -0.490 e. The SMILES string of the molecule is O=C1CCCN1c1ccc(C(=O)N2CCC[C@@H]2c2ccc3c(c2)OCCCO3)cc1. The monoisotopic (exact) mass is 406 g/mol. The van der Waals surface area contributed by atoms with Gasteiger partial charge < -0.3 is 19.3 Å². The summed E-state index contributed by atoms with van der Waals surface area (Å²) in [6, 6.07) is 13.5. The number of likely N-dealkylation sites (tertiary alicyclic amines) is 1. The number of nitrogens with zero attached hydrogens (tertiary/aromatic N) is 2. The molecule has 3 aliphatic heterocycles. The normalized spacial score (nSPS) is 21.1. The third-order valence-corrected chi connectivity index (χ3v) is 6.17. The van der Waals surface area contributed by atoms with Gasteiger partial charge in [0.05, 0.1) is 19.3 Å². The van der Waals surface area contributed by atoms with Crippen LogP contribution in [-0.4, -0.2) is 43.0 Å². The molecule has 0 aromatic heterocycles. The lowest BCUT2D eigenvalue weighted by atomic mass is 10.0. The maximum Gasteiger partial charge on any atom is 0.254 e. The molecule has 3 aliphatic rings. The molecule has 2 aromatic rings. The molecule has 0 bridgehead atoms. The third-order valence-electron chi connectivity index (χ3n) is 6.17. The van der Waals surface area contributed by atoms with Gasteiger partial charge in [0.2, 0.25) is 5.91 Å². The lowest BCUT2D eigenvalue weighted by molar-refractivity contribution is -0.117. The molecule has 6 heteroatoms. The molecule has 30 heavy (non-hydrogen) atoms. The Morgan fingerprint density at radius 2 is 1.70 bits per heavy atom. The highest BCUT2D eigenvalue weighted by molar-refractivity contribution is 5.97. The molecule has 0 spiro atoms. The van der Waals surface area contributed by atoms with E-state index in [-0.39, 0.29) is 17.9 Å². The second-order valence-electron chi connectivity index (χ2n) is 8.11. The van der Waals surface area contributed by atoms with Gasteiger partial charge in [-0.15, -0.1) is 0 Å². The van der Waals surface area contributed by atoms with Crippen LogP contribution in [0.5, 0.6) is 11.5 Å². The molecule has 2 saturated heterocycles. The minimum absolute atomic E-state index is 0.0314. The van der Waals surface area contributed by atoms with Gasteiger partial charge >= 0.3 is 0 Å². The van der Waals surface area contributed by atoms with Gasteiger partial charge in [-0.05, 0) is 61.2 Å². The van der Waals surface area contributed by atoms with Crippen LogP contribution in [0.4, 0.5) is 5.69 Å². The first-order valence-electron chi connectivity index (χ1n) is 10.8. The van der Waals surface area contributed by atoms with E-state index < -0.39 is 0 Å². The van der Waals surface area contributed by atoms with E-state index in [2.05, 4.69) is 0 Å². The van der Waals surface area contributed by atoms with E-state index >= 15 is 0 Å². The topological polar surface area (TPSA) is 59.1 Å². The number of anilines is 1. The lowest BCUT2D eigenvalue weighted by Crippen LogP contribution is -2.30. The van der Waals surface area contributed by atoms with Crippen molar-refractivity contribution < 1.29 is 19.1 Å². The van der Waals surface area contributed by atoms with E-state index in [0.717, 1.165) is 61.5 Å². The highest BCUT2D eigenvalue weighted by Gasteiger charge is 2.31. The van der Waals surface area contributed by atoms with Crippen LogP contribution in [0, 0.1) is 0 Å². The highest BCUT2D eigenvalue weighted by atomic mass is 16.5. The van der Waals surface area contributed by atoms with Crippen LogP contribution in [0.25, 0.3) is 0 Å². The average molecular weight is 406 g/mol. The van der Waals surface area contributed by atoms with Gasteiger partial charge in [-0.1, -0.05) is 6.07 Å². The van der Waals surface area contributed by atoms with Crippen LogP contribution in [0.15, 0.2) is 42.5 Å². The van der Waals surface area contributed by atoms with Crippen LogP contribution in [0.2, 0.25) is 0 Å². The summed E-state index contributed by atoms with van der Waals surface area (Å²) < 4.78 is 11.6. The first-order valence-corrected chi connectivity index (χ1v) is 10.8. The Morgan fingerprint density at radius 1 is 0.900 bits per heavy atom. The fourth-order valence-electron chi connectivity index (χ4n) is 4.61. The van der Waals surface area contributed by atoms with Gasteiger partial charge in [-0.3, -0.25) is 9.59 Å². The molecule has 5 rings (SSSR count). The number of carbonyl (C=O) groups is 2. The van der Waals surface area contributed by atoms with E-state index in [1.54, 1.807) is 4.90 Å². The summed E-state index contributed by atoms with van der Waals surface area (Å²) in [6.07, 6.45) is 4.28. The largest absolute Gasteiger partial charge is 0.490 e. The maximum atomic E-state index is 13.3. The predicted octanol–water partition coefficient (Wildman–Crippen LogP) is 3.95. The van der Waals surface area contributed by atoms with E-state index in [1.807, 2.05) is 47.4 Å². The quantitative estimate of drug-likeness (QED) is 0.774. The summed E-state index contributed by atoms with van der Waals surface area (Å²) in [6.45, 7) is 2.81. The minimum atomic E-state index is 0.0314. The Bertz CT molecular complexity index is 956. The number of hydrogen-bond donors (Lipinski definition) is 0. The number of carbonyl (C=O) groups excluding carboxylic acids is 2. The Labute approximate surface area is 176 Å². The fraction of sp³-hybridized carbons (Fsp3) is 0.417. The molecule has 3 heterocycles. The molecule has 0 saturated carbocycles. The van der Waals surface area contributed by atoms with Gasteiger partial charge in [-0.25, -0.2) is 0 Å². The summed E-state index contributed by atoms with van der Waals surface area (Å²) in [5, 5.41) is 0. The molecule has 156 valence electrons. The summed E-state index contributed by atoms with van der Waals surface area (Å²) in [5.41, 5.74) is 2.62. The van der Waals surface area contributed by atoms with Crippen molar-refractivity contribution in [3.63, 3.8) is 0 Å². The lowest BCUT2D eigenvalue weighted by Gasteiger charge is -2.26. The zero-order chi connectivity index (χ0) is 20.5. The van der Waals surface area contributed by atoms with Gasteiger partial charge in [-0.2, -0.15) is 0 Å². The third kappa shape index (κ3) is 3.51. The zero-order valence-corrected chi connectivity index (χ0v) is 17.0. The second-order valence-corrected chi connectivity index (χ2v) is 8.11. The van der Waals surface area contributed by atoms with Crippen molar-refractivity contribution in [2.75, 3.05) is 31.2 Å². The van der Waals surface area contributed by atoms with Crippen molar-refractivity contribution in [2.24, 2.45) is 0 Å². The Balaban J connectivity index is 1.35. The van der Waals surface area contributed by atoms with E-state index in [9.17, 15) is 9.59 Å². The molecule has 0 radical (unpaired) electrons. The Morgan fingerprint density at radius 3 is 2.47 bits per heavy atom. The summed E-state index contributed by atoms with van der Waals surface area (Å²) in [5.74, 6) is 1.73. The van der Waals surface area contributed by atoms with Gasteiger partial charge in [0.15, 0.2) is 11.5 Å². The van der Waals surface area contributed by atoms with Crippen LogP contribution in [0.1, 0.15) is 54.1 Å². The number of amides is 2. The van der Waals surface area contributed by atoms with Gasteiger partial charge in [0.1, 0.15) is 0 Å². The van der Waals surface area contributed by atoms with Crippen LogP contribution >= 0.6 is 0 Å². The number of benzene rings is 2. The molecule has 0 N–H and O–H groups in total. The van der Waals surface area contributed by atoms with Crippen molar-refractivity contribution in [3.8, 4) is 11.5 Å².